The summed E-state index contributed by atoms with van der Waals surface area (Å²) >= 11 is 0. The third kappa shape index (κ3) is 4.22. The number of phenols is 1. The fourth-order valence-electron chi connectivity index (χ4n) is 2.92. The molecule has 0 aliphatic carbocycles. The van der Waals surface area contributed by atoms with E-state index in [1.165, 1.54) is 25.3 Å². The van der Waals surface area contributed by atoms with E-state index in [0.29, 0.717) is 30.1 Å². The highest BCUT2D eigenvalue weighted by atomic mass is 16.5. The zero-order valence-corrected chi connectivity index (χ0v) is 15.3. The molecule has 0 spiro atoms. The maximum absolute atomic E-state index is 12.2. The Labute approximate surface area is 161 Å². The van der Waals surface area contributed by atoms with Gasteiger partial charge in [0.05, 0.1) is 18.5 Å². The number of benzene rings is 2. The van der Waals surface area contributed by atoms with Crippen molar-refractivity contribution in [3.05, 3.63) is 48.0 Å². The first-order valence-corrected chi connectivity index (χ1v) is 8.73. The molecule has 1 heterocycles. The van der Waals surface area contributed by atoms with E-state index in [2.05, 4.69) is 5.32 Å². The summed E-state index contributed by atoms with van der Waals surface area (Å²) in [6.45, 7) is 0.0492. The van der Waals surface area contributed by atoms with Crippen molar-refractivity contribution in [1.29, 1.82) is 0 Å². The van der Waals surface area contributed by atoms with Crippen molar-refractivity contribution < 1.29 is 29.0 Å². The number of nitrogens with zero attached hydrogens (tertiary/aromatic N) is 1. The average Bonchev–Trinajstić information content (AvgIpc) is 3.12. The van der Waals surface area contributed by atoms with E-state index >= 15 is 0 Å². The molecule has 1 saturated heterocycles. The minimum absolute atomic E-state index is 0.00151. The van der Waals surface area contributed by atoms with Gasteiger partial charge in [-0.3, -0.25) is 9.59 Å². The lowest BCUT2D eigenvalue weighted by Gasteiger charge is -2.19. The molecule has 2 aromatic carbocycles. The summed E-state index contributed by atoms with van der Waals surface area (Å²) in [5.74, 6) is -1.31. The van der Waals surface area contributed by atoms with E-state index in [9.17, 15) is 19.5 Å². The van der Waals surface area contributed by atoms with Gasteiger partial charge in [0.2, 0.25) is 5.91 Å². The smallest absolute Gasteiger partial charge is 0.342 e. The first-order chi connectivity index (χ1) is 13.5. The Hall–Kier alpha value is -3.55. The Balaban J connectivity index is 1.64. The van der Waals surface area contributed by atoms with Crippen molar-refractivity contribution >= 4 is 29.2 Å². The topological polar surface area (TPSA) is 105 Å². The van der Waals surface area contributed by atoms with E-state index < -0.39 is 18.5 Å². The normalized spacial score (nSPS) is 13.3. The number of phenolic OH excluding ortho intramolecular Hbond substituents is 1. The molecule has 146 valence electrons. The number of anilines is 2. The zero-order valence-electron chi connectivity index (χ0n) is 15.3. The van der Waals surface area contributed by atoms with Gasteiger partial charge in [0.1, 0.15) is 17.1 Å². The maximum Gasteiger partial charge on any atom is 0.342 e. The molecule has 1 aliphatic rings. The Kier molecular flexibility index (Phi) is 5.78. The van der Waals surface area contributed by atoms with Gasteiger partial charge in [-0.25, -0.2) is 4.79 Å². The second-order valence-corrected chi connectivity index (χ2v) is 6.17. The molecule has 0 bridgehead atoms. The second kappa shape index (κ2) is 8.43. The van der Waals surface area contributed by atoms with Gasteiger partial charge in [-0.05, 0) is 36.8 Å². The number of esters is 1. The Morgan fingerprint density at radius 1 is 1.21 bits per heavy atom. The summed E-state index contributed by atoms with van der Waals surface area (Å²) in [7, 11) is 1.43. The van der Waals surface area contributed by atoms with Gasteiger partial charge in [-0.15, -0.1) is 0 Å². The van der Waals surface area contributed by atoms with Crippen molar-refractivity contribution in [1.82, 2.24) is 0 Å². The summed E-state index contributed by atoms with van der Waals surface area (Å²) < 4.78 is 9.99. The lowest BCUT2D eigenvalue weighted by atomic mass is 10.2. The summed E-state index contributed by atoms with van der Waals surface area (Å²) in [6.07, 6.45) is 1.24. The molecule has 2 N–H and O–H groups in total. The summed E-state index contributed by atoms with van der Waals surface area (Å²) in [5.41, 5.74) is 0.966. The molecule has 3 rings (SSSR count). The SMILES string of the molecule is COc1ccc(O)c(C(=O)OCC(=O)Nc2ccccc2N2CCCC2=O)c1. The Bertz CT molecular complexity index is 911. The number of hydrogen-bond acceptors (Lipinski definition) is 6. The molecule has 2 aromatic rings. The van der Waals surface area contributed by atoms with E-state index in [0.717, 1.165) is 6.42 Å². The number of carbonyl (C=O) groups excluding carboxylic acids is 3. The molecule has 0 saturated carbocycles. The Morgan fingerprint density at radius 2 is 2.00 bits per heavy atom. The van der Waals surface area contributed by atoms with Gasteiger partial charge in [-0.1, -0.05) is 12.1 Å². The number of aromatic hydroxyl groups is 1. The molecule has 8 nitrogen and oxygen atoms in total. The fraction of sp³-hybridized carbons (Fsp3) is 0.250. The molecule has 0 radical (unpaired) electrons. The number of ether oxygens (including phenoxy) is 2. The molecule has 0 atom stereocenters. The molecular formula is C20H20N2O6. The number of rotatable bonds is 6. The second-order valence-electron chi connectivity index (χ2n) is 6.17. The van der Waals surface area contributed by atoms with Crippen LogP contribution >= 0.6 is 0 Å². The monoisotopic (exact) mass is 384 g/mol. The molecule has 0 unspecified atom stereocenters. The molecule has 28 heavy (non-hydrogen) atoms. The van der Waals surface area contributed by atoms with Crippen LogP contribution in [0.15, 0.2) is 42.5 Å². The first-order valence-electron chi connectivity index (χ1n) is 8.73. The number of carbonyl (C=O) groups is 3. The van der Waals surface area contributed by atoms with Gasteiger partial charge in [0.25, 0.3) is 5.91 Å². The molecule has 0 aromatic heterocycles. The standard InChI is InChI=1S/C20H20N2O6/c1-27-13-8-9-17(23)14(11-13)20(26)28-12-18(24)21-15-5-2-3-6-16(15)22-10-4-7-19(22)25/h2-3,5-6,8-9,11,23H,4,7,10,12H2,1H3,(H,21,24). The van der Waals surface area contributed by atoms with Crippen molar-refractivity contribution in [3.8, 4) is 11.5 Å². The first kappa shape index (κ1) is 19.2. The predicted octanol–water partition coefficient (Wildman–Crippen LogP) is 2.32. The number of nitrogens with one attached hydrogen (secondary N) is 1. The van der Waals surface area contributed by atoms with Crippen molar-refractivity contribution in [2.45, 2.75) is 12.8 Å². The van der Waals surface area contributed by atoms with Gasteiger partial charge in [0.15, 0.2) is 6.61 Å². The minimum atomic E-state index is -0.852. The number of para-hydroxylation sites is 2. The van der Waals surface area contributed by atoms with Crippen LogP contribution in [-0.2, 0) is 14.3 Å². The van der Waals surface area contributed by atoms with Crippen molar-refractivity contribution in [2.24, 2.45) is 0 Å². The maximum atomic E-state index is 12.2. The number of amides is 2. The highest BCUT2D eigenvalue weighted by Gasteiger charge is 2.24. The molecule has 1 fully saturated rings. The van der Waals surface area contributed by atoms with Crippen LogP contribution in [0.4, 0.5) is 11.4 Å². The fourth-order valence-corrected chi connectivity index (χ4v) is 2.92. The van der Waals surface area contributed by atoms with Gasteiger partial charge < -0.3 is 24.8 Å². The lowest BCUT2D eigenvalue weighted by Crippen LogP contribution is -2.27. The van der Waals surface area contributed by atoms with Crippen LogP contribution in [0.2, 0.25) is 0 Å². The third-order valence-corrected chi connectivity index (χ3v) is 4.30. The van der Waals surface area contributed by atoms with Gasteiger partial charge >= 0.3 is 5.97 Å². The highest BCUT2D eigenvalue weighted by Crippen LogP contribution is 2.29. The largest absolute Gasteiger partial charge is 0.507 e. The van der Waals surface area contributed by atoms with Crippen LogP contribution in [0.3, 0.4) is 0 Å². The van der Waals surface area contributed by atoms with Crippen LogP contribution in [0, 0.1) is 0 Å². The third-order valence-electron chi connectivity index (χ3n) is 4.30. The van der Waals surface area contributed by atoms with Crippen LogP contribution < -0.4 is 15.0 Å². The van der Waals surface area contributed by atoms with Crippen LogP contribution in [0.25, 0.3) is 0 Å². The van der Waals surface area contributed by atoms with E-state index in [1.54, 1.807) is 29.2 Å². The molecule has 8 heteroatoms. The van der Waals surface area contributed by atoms with Gasteiger partial charge in [-0.2, -0.15) is 0 Å². The average molecular weight is 384 g/mol. The predicted molar refractivity (Wildman–Crippen MR) is 102 cm³/mol. The number of hydrogen-bond donors (Lipinski definition) is 2. The highest BCUT2D eigenvalue weighted by molar-refractivity contribution is 6.03. The van der Waals surface area contributed by atoms with E-state index in [1.807, 2.05) is 0 Å². The molecule has 2 amide bonds. The van der Waals surface area contributed by atoms with Crippen LogP contribution in [-0.4, -0.2) is 43.2 Å². The minimum Gasteiger partial charge on any atom is -0.507 e. The van der Waals surface area contributed by atoms with Crippen molar-refractivity contribution in [3.63, 3.8) is 0 Å². The van der Waals surface area contributed by atoms with E-state index in [4.69, 9.17) is 9.47 Å². The van der Waals surface area contributed by atoms with Gasteiger partial charge in [0, 0.05) is 13.0 Å². The molecule has 1 aliphatic heterocycles. The Morgan fingerprint density at radius 3 is 2.71 bits per heavy atom. The lowest BCUT2D eigenvalue weighted by molar-refractivity contribution is -0.119. The summed E-state index contributed by atoms with van der Waals surface area (Å²) in [4.78, 5) is 38.0. The summed E-state index contributed by atoms with van der Waals surface area (Å²) in [6, 6.07) is 11.1. The van der Waals surface area contributed by atoms with Crippen molar-refractivity contribution in [2.75, 3.05) is 30.5 Å². The van der Waals surface area contributed by atoms with Crippen LogP contribution in [0.1, 0.15) is 23.2 Å². The zero-order chi connectivity index (χ0) is 20.1. The van der Waals surface area contributed by atoms with E-state index in [-0.39, 0.29) is 17.2 Å². The quantitative estimate of drug-likeness (QED) is 0.741. The number of methoxy groups -OCH3 is 1. The molecular weight excluding hydrogens is 364 g/mol. The summed E-state index contributed by atoms with van der Waals surface area (Å²) in [5, 5.41) is 12.4. The van der Waals surface area contributed by atoms with Crippen LogP contribution in [0.5, 0.6) is 11.5 Å².